The zero-order valence-corrected chi connectivity index (χ0v) is 25.4. The van der Waals surface area contributed by atoms with E-state index in [-0.39, 0.29) is 12.1 Å². The zero-order valence-electron chi connectivity index (χ0n) is 24.6. The van der Waals surface area contributed by atoms with Crippen molar-refractivity contribution in [2.45, 2.75) is 68.9 Å². The molecule has 9 rings (SSSR count). The lowest BCUT2D eigenvalue weighted by Gasteiger charge is -2.43. The lowest BCUT2D eigenvalue weighted by molar-refractivity contribution is 0.321. The molecule has 1 aromatic heterocycles. The smallest absolute Gasteiger partial charge is 0.0981 e. The molecule has 0 bridgehead atoms. The first-order valence-electron chi connectivity index (χ1n) is 16.5. The summed E-state index contributed by atoms with van der Waals surface area (Å²) >= 11 is 1.98. The van der Waals surface area contributed by atoms with Crippen molar-refractivity contribution in [3.63, 3.8) is 0 Å². The molecule has 7 unspecified atom stereocenters. The molecule has 3 heteroatoms. The van der Waals surface area contributed by atoms with Crippen LogP contribution >= 0.6 is 11.3 Å². The molecular formula is C40H38N2S. The number of hydrogen-bond donors (Lipinski definition) is 0. The maximum Gasteiger partial charge on any atom is 0.0981 e. The van der Waals surface area contributed by atoms with E-state index in [1.54, 1.807) is 5.57 Å². The first kappa shape index (κ1) is 25.9. The number of fused-ring (bicyclic) bond motifs is 9. The Kier molecular flexibility index (Phi) is 6.36. The topological polar surface area (TPSA) is 24.7 Å². The standard InChI is InChI=1S/C40H38N2S/c1-3-17-33-30(14-1)31-15-2-4-18-34(31)39-38(33)41-24-36(42-39)28-13-8-11-26(23-28)25-10-7-12-27(22-25)29-19-9-20-35-32-16-5-6-21-37(32)43-40(29)35/h1,3-6,8-9,13-14,16-22,24,26-28,31,34,38-39H,2,7,10-12,15,23H2. The summed E-state index contributed by atoms with van der Waals surface area (Å²) < 4.78 is 2.89. The number of thiophene rings is 1. The van der Waals surface area contributed by atoms with E-state index in [2.05, 4.69) is 103 Å². The zero-order chi connectivity index (χ0) is 28.3. The second kappa shape index (κ2) is 10.6. The lowest BCUT2D eigenvalue weighted by atomic mass is 9.66. The van der Waals surface area contributed by atoms with Gasteiger partial charge in [0.2, 0.25) is 0 Å². The van der Waals surface area contributed by atoms with E-state index in [0.29, 0.717) is 29.6 Å². The molecule has 2 nitrogen and oxygen atoms in total. The van der Waals surface area contributed by atoms with Crippen molar-refractivity contribution in [2.24, 2.45) is 27.7 Å². The first-order chi connectivity index (χ1) is 21.3. The maximum absolute atomic E-state index is 5.55. The highest BCUT2D eigenvalue weighted by molar-refractivity contribution is 7.26. The molecule has 214 valence electrons. The van der Waals surface area contributed by atoms with Crippen molar-refractivity contribution in [1.29, 1.82) is 0 Å². The minimum atomic E-state index is 0.158. The normalized spacial score (nSPS) is 31.3. The summed E-state index contributed by atoms with van der Waals surface area (Å²) in [6, 6.07) is 25.3. The van der Waals surface area contributed by atoms with Gasteiger partial charge < -0.3 is 0 Å². The van der Waals surface area contributed by atoms with Crippen molar-refractivity contribution < 1.29 is 0 Å². The molecule has 0 radical (unpaired) electrons. The molecule has 0 N–H and O–H groups in total. The summed E-state index contributed by atoms with van der Waals surface area (Å²) in [7, 11) is 0. The van der Waals surface area contributed by atoms with Gasteiger partial charge in [-0.05, 0) is 79.5 Å². The van der Waals surface area contributed by atoms with Gasteiger partial charge in [-0.1, -0.05) is 96.6 Å². The van der Waals surface area contributed by atoms with Crippen LogP contribution in [0.3, 0.4) is 0 Å². The molecule has 4 aromatic rings. The van der Waals surface area contributed by atoms with Crippen LogP contribution in [0, 0.1) is 17.8 Å². The number of allylic oxidation sites excluding steroid dienone is 5. The van der Waals surface area contributed by atoms with Crippen molar-refractivity contribution in [1.82, 2.24) is 0 Å². The van der Waals surface area contributed by atoms with E-state index >= 15 is 0 Å². The molecule has 43 heavy (non-hydrogen) atoms. The van der Waals surface area contributed by atoms with Gasteiger partial charge in [0, 0.05) is 44.1 Å². The lowest BCUT2D eigenvalue weighted by Crippen LogP contribution is -2.39. The fraction of sp³-hybridized carbons (Fsp3) is 0.350. The van der Waals surface area contributed by atoms with Gasteiger partial charge in [-0.2, -0.15) is 0 Å². The van der Waals surface area contributed by atoms with Crippen LogP contribution in [0.4, 0.5) is 0 Å². The fourth-order valence-corrected chi connectivity index (χ4v) is 10.2. The molecular weight excluding hydrogens is 541 g/mol. The molecule has 0 saturated heterocycles. The number of rotatable bonds is 3. The van der Waals surface area contributed by atoms with Gasteiger partial charge in [-0.25, -0.2) is 0 Å². The summed E-state index contributed by atoms with van der Waals surface area (Å²) in [6.07, 6.45) is 23.0. The van der Waals surface area contributed by atoms with Crippen molar-refractivity contribution in [3.05, 3.63) is 119 Å². The average molecular weight is 579 g/mol. The summed E-state index contributed by atoms with van der Waals surface area (Å²) in [5, 5.41) is 2.82. The Hall–Kier alpha value is -3.56. The Bertz CT molecular complexity index is 1870. The molecule has 2 heterocycles. The largest absolute Gasteiger partial charge is 0.281 e. The summed E-state index contributed by atoms with van der Waals surface area (Å²) in [5.74, 6) is 2.51. The third-order valence-corrected chi connectivity index (χ3v) is 12.3. The average Bonchev–Trinajstić information content (AvgIpc) is 3.47. The van der Waals surface area contributed by atoms with E-state index < -0.39 is 0 Å². The SMILES string of the molecule is C1=CC2C(CC1)c1ccccc1C1N=CC(C3C=CCC(C4=CC(c5cccc6c5sc5ccccc56)CCC4)C3)=NC12. The number of benzene rings is 3. The van der Waals surface area contributed by atoms with Crippen LogP contribution in [0.5, 0.6) is 0 Å². The molecule has 3 aromatic carbocycles. The monoisotopic (exact) mass is 578 g/mol. The molecule has 4 aliphatic carbocycles. The van der Waals surface area contributed by atoms with Crippen LogP contribution in [-0.4, -0.2) is 18.0 Å². The van der Waals surface area contributed by atoms with E-state index in [1.807, 2.05) is 11.3 Å². The third-order valence-electron chi connectivity index (χ3n) is 11.0. The van der Waals surface area contributed by atoms with Gasteiger partial charge in [0.05, 0.1) is 17.8 Å². The Morgan fingerprint density at radius 3 is 2.60 bits per heavy atom. The van der Waals surface area contributed by atoms with Gasteiger partial charge in [0.1, 0.15) is 0 Å². The second-order valence-corrected chi connectivity index (χ2v) is 14.4. The van der Waals surface area contributed by atoms with E-state index in [4.69, 9.17) is 9.98 Å². The van der Waals surface area contributed by atoms with Gasteiger partial charge >= 0.3 is 0 Å². The number of hydrogen-bond acceptors (Lipinski definition) is 3. The molecule has 7 atom stereocenters. The Morgan fingerprint density at radius 2 is 1.63 bits per heavy atom. The van der Waals surface area contributed by atoms with Gasteiger partial charge in [-0.3, -0.25) is 9.98 Å². The Morgan fingerprint density at radius 1 is 0.767 bits per heavy atom. The molecule has 0 amide bonds. The van der Waals surface area contributed by atoms with Gasteiger partial charge in [-0.15, -0.1) is 11.3 Å². The quantitative estimate of drug-likeness (QED) is 0.216. The van der Waals surface area contributed by atoms with Crippen LogP contribution < -0.4 is 0 Å². The van der Waals surface area contributed by atoms with Crippen LogP contribution in [-0.2, 0) is 0 Å². The van der Waals surface area contributed by atoms with Crippen LogP contribution in [0.1, 0.15) is 79.5 Å². The molecule has 0 saturated carbocycles. The maximum atomic E-state index is 5.55. The minimum Gasteiger partial charge on any atom is -0.281 e. The predicted octanol–water partition coefficient (Wildman–Crippen LogP) is 10.5. The molecule has 0 fully saturated rings. The highest BCUT2D eigenvalue weighted by Gasteiger charge is 2.43. The van der Waals surface area contributed by atoms with Crippen molar-refractivity contribution in [2.75, 3.05) is 0 Å². The van der Waals surface area contributed by atoms with E-state index in [1.165, 1.54) is 74.7 Å². The number of nitrogens with zero attached hydrogens (tertiary/aromatic N) is 2. The summed E-state index contributed by atoms with van der Waals surface area (Å²) in [5.41, 5.74) is 7.34. The first-order valence-corrected chi connectivity index (χ1v) is 17.3. The fourth-order valence-electron chi connectivity index (χ4n) is 8.97. The molecule has 5 aliphatic rings. The molecule has 0 spiro atoms. The van der Waals surface area contributed by atoms with Gasteiger partial charge in [0.25, 0.3) is 0 Å². The van der Waals surface area contributed by atoms with Crippen LogP contribution in [0.2, 0.25) is 0 Å². The van der Waals surface area contributed by atoms with E-state index in [9.17, 15) is 0 Å². The number of aliphatic imine (C=N–C) groups is 2. The van der Waals surface area contributed by atoms with Crippen molar-refractivity contribution >= 4 is 43.4 Å². The van der Waals surface area contributed by atoms with Crippen LogP contribution in [0.25, 0.3) is 20.2 Å². The van der Waals surface area contributed by atoms with Crippen molar-refractivity contribution in [3.8, 4) is 0 Å². The van der Waals surface area contributed by atoms with Crippen LogP contribution in [0.15, 0.2) is 113 Å². The molecule has 1 aliphatic heterocycles. The highest BCUT2D eigenvalue weighted by Crippen LogP contribution is 2.50. The Labute approximate surface area is 258 Å². The predicted molar refractivity (Wildman–Crippen MR) is 183 cm³/mol. The second-order valence-electron chi connectivity index (χ2n) is 13.4. The van der Waals surface area contributed by atoms with E-state index in [0.717, 1.165) is 12.8 Å². The summed E-state index contributed by atoms with van der Waals surface area (Å²) in [6.45, 7) is 0. The third kappa shape index (κ3) is 4.34. The minimum absolute atomic E-state index is 0.158. The Balaban J connectivity index is 1.00. The van der Waals surface area contributed by atoms with Gasteiger partial charge in [0.15, 0.2) is 0 Å². The highest BCUT2D eigenvalue weighted by atomic mass is 32.1. The summed E-state index contributed by atoms with van der Waals surface area (Å²) in [4.78, 5) is 10.8.